The summed E-state index contributed by atoms with van der Waals surface area (Å²) in [6.45, 7) is 5.49. The molecule has 4 heteroatoms. The fourth-order valence-electron chi connectivity index (χ4n) is 5.03. The fourth-order valence-corrected chi connectivity index (χ4v) is 5.03. The molecule has 4 rings (SSSR count). The van der Waals surface area contributed by atoms with Gasteiger partial charge in [-0.15, -0.1) is 0 Å². The molecule has 142 valence electrons. The van der Waals surface area contributed by atoms with Crippen LogP contribution in [0.3, 0.4) is 0 Å². The number of aliphatic hydroxyl groups is 1. The highest BCUT2D eigenvalue weighted by Crippen LogP contribution is 2.55. The van der Waals surface area contributed by atoms with Crippen molar-refractivity contribution in [1.82, 2.24) is 0 Å². The van der Waals surface area contributed by atoms with Crippen molar-refractivity contribution in [1.29, 1.82) is 0 Å². The van der Waals surface area contributed by atoms with Gasteiger partial charge in [0.25, 0.3) is 0 Å². The third-order valence-corrected chi connectivity index (χ3v) is 6.20. The molecule has 0 saturated carbocycles. The Labute approximate surface area is 161 Å². The molecule has 27 heavy (non-hydrogen) atoms. The topological polar surface area (TPSA) is 47.9 Å². The predicted molar refractivity (Wildman–Crippen MR) is 113 cm³/mol. The van der Waals surface area contributed by atoms with E-state index in [4.69, 9.17) is 4.99 Å². The van der Waals surface area contributed by atoms with Gasteiger partial charge in [-0.3, -0.25) is 4.99 Å². The summed E-state index contributed by atoms with van der Waals surface area (Å²) >= 11 is 0. The lowest BCUT2D eigenvalue weighted by Crippen LogP contribution is -2.48. The molecule has 0 spiro atoms. The van der Waals surface area contributed by atoms with E-state index >= 15 is 0 Å². The van der Waals surface area contributed by atoms with Crippen LogP contribution in [0.4, 0.5) is 11.4 Å². The number of hydrogen-bond acceptors (Lipinski definition) is 3. The molecule has 0 aliphatic carbocycles. The molecule has 2 aliphatic rings. The van der Waals surface area contributed by atoms with Crippen molar-refractivity contribution in [3.05, 3.63) is 59.7 Å². The van der Waals surface area contributed by atoms with E-state index in [1.807, 2.05) is 0 Å². The van der Waals surface area contributed by atoms with Gasteiger partial charge < -0.3 is 15.3 Å². The third-order valence-electron chi connectivity index (χ3n) is 6.20. The highest BCUT2D eigenvalue weighted by Gasteiger charge is 2.49. The molecule has 2 heterocycles. The largest absolute Gasteiger partial charge is 0.396 e. The molecule has 0 bridgehead atoms. The monoisotopic (exact) mass is 363 g/mol. The van der Waals surface area contributed by atoms with Gasteiger partial charge in [-0.05, 0) is 42.0 Å². The first-order chi connectivity index (χ1) is 13.1. The fraction of sp³-hybridized carbons (Fsp3) is 0.435. The average molecular weight is 364 g/mol. The van der Waals surface area contributed by atoms with Gasteiger partial charge in [0.2, 0.25) is 0 Å². The van der Waals surface area contributed by atoms with Crippen molar-refractivity contribution in [2.24, 2.45) is 10.4 Å². The number of hydrogen-bond donors (Lipinski definition) is 2. The summed E-state index contributed by atoms with van der Waals surface area (Å²) < 4.78 is 0. The number of nitrogens with zero attached hydrogens (tertiary/aromatic N) is 2. The van der Waals surface area contributed by atoms with Crippen molar-refractivity contribution in [2.45, 2.75) is 38.6 Å². The van der Waals surface area contributed by atoms with E-state index in [0.29, 0.717) is 18.9 Å². The zero-order valence-electron chi connectivity index (χ0n) is 16.4. The minimum absolute atomic E-state index is 0.128. The first kappa shape index (κ1) is 18.1. The van der Waals surface area contributed by atoms with Crippen LogP contribution in [0.5, 0.6) is 0 Å². The summed E-state index contributed by atoms with van der Waals surface area (Å²) in [4.78, 5) is 7.36. The Morgan fingerprint density at radius 3 is 2.63 bits per heavy atom. The van der Waals surface area contributed by atoms with Crippen molar-refractivity contribution in [3.8, 4) is 0 Å². The van der Waals surface area contributed by atoms with E-state index < -0.39 is 0 Å². The van der Waals surface area contributed by atoms with Crippen LogP contribution >= 0.6 is 0 Å². The second kappa shape index (κ2) is 7.01. The summed E-state index contributed by atoms with van der Waals surface area (Å²) in [6, 6.07) is 17.6. The molecule has 0 amide bonds. The van der Waals surface area contributed by atoms with Crippen LogP contribution in [0.1, 0.15) is 49.8 Å². The van der Waals surface area contributed by atoms with Crippen LogP contribution in [0.2, 0.25) is 0 Å². The summed E-state index contributed by atoms with van der Waals surface area (Å²) in [5, 5.41) is 12.8. The number of aliphatic imine (C=N–C) groups is 1. The lowest BCUT2D eigenvalue weighted by Gasteiger charge is -2.47. The maximum atomic E-state index is 9.20. The van der Waals surface area contributed by atoms with Crippen molar-refractivity contribution >= 4 is 17.2 Å². The molecular formula is C23H29N3O. The smallest absolute Gasteiger partial charge is 0.109 e. The maximum Gasteiger partial charge on any atom is 0.109 e. The summed E-state index contributed by atoms with van der Waals surface area (Å²) in [5.74, 6) is 1.49. The van der Waals surface area contributed by atoms with Crippen LogP contribution in [-0.4, -0.2) is 31.1 Å². The molecule has 2 N–H and O–H groups in total. The number of anilines is 2. The standard InChI is InChI=1S/C23H29N3O/c1-16-15-23(2)21(26(3)20-12-7-5-9-17(16)20)18-10-4-6-11-19(18)25-22(23)24-13-8-14-27/h4-7,9-12,16,21,27H,8,13-15H2,1-3H3,(H,24,25)/t16-,21+,23+/m1/s1. The van der Waals surface area contributed by atoms with E-state index in [9.17, 15) is 5.11 Å². The number of nitrogens with one attached hydrogen (secondary N) is 1. The molecule has 2 aliphatic heterocycles. The Hall–Kier alpha value is -2.33. The molecular weight excluding hydrogens is 334 g/mol. The molecule has 2 aromatic carbocycles. The van der Waals surface area contributed by atoms with Crippen LogP contribution in [0.25, 0.3) is 0 Å². The Kier molecular flexibility index (Phi) is 4.68. The number of benzene rings is 2. The number of aliphatic hydroxyl groups excluding tert-OH is 1. The predicted octanol–water partition coefficient (Wildman–Crippen LogP) is 4.58. The van der Waals surface area contributed by atoms with Gasteiger partial charge in [-0.2, -0.15) is 0 Å². The Morgan fingerprint density at radius 1 is 1.15 bits per heavy atom. The van der Waals surface area contributed by atoms with Gasteiger partial charge in [-0.1, -0.05) is 50.2 Å². The third kappa shape index (κ3) is 2.92. The molecule has 2 aromatic rings. The van der Waals surface area contributed by atoms with Gasteiger partial charge in [0, 0.05) is 31.6 Å². The lowest BCUT2D eigenvalue weighted by molar-refractivity contribution is 0.290. The Morgan fingerprint density at radius 2 is 1.85 bits per heavy atom. The summed E-state index contributed by atoms with van der Waals surface area (Å²) in [6.07, 6.45) is 1.72. The highest BCUT2D eigenvalue weighted by atomic mass is 16.3. The van der Waals surface area contributed by atoms with Crippen LogP contribution in [0, 0.1) is 5.41 Å². The van der Waals surface area contributed by atoms with Crippen molar-refractivity contribution < 1.29 is 5.11 Å². The zero-order chi connectivity index (χ0) is 19.0. The van der Waals surface area contributed by atoms with Gasteiger partial charge in [0.1, 0.15) is 5.84 Å². The number of fused-ring (bicyclic) bond motifs is 4. The molecule has 0 unspecified atom stereocenters. The second-order valence-corrected chi connectivity index (χ2v) is 8.11. The van der Waals surface area contributed by atoms with Crippen LogP contribution < -0.4 is 10.2 Å². The van der Waals surface area contributed by atoms with Crippen LogP contribution in [0.15, 0.2) is 53.5 Å². The summed E-state index contributed by atoms with van der Waals surface area (Å²) in [5.41, 5.74) is 5.05. The van der Waals surface area contributed by atoms with Gasteiger partial charge >= 0.3 is 0 Å². The lowest BCUT2D eigenvalue weighted by atomic mass is 9.69. The molecule has 0 saturated heterocycles. The summed E-state index contributed by atoms with van der Waals surface area (Å²) in [7, 11) is 2.22. The normalized spacial score (nSPS) is 28.0. The van der Waals surface area contributed by atoms with E-state index in [-0.39, 0.29) is 18.1 Å². The van der Waals surface area contributed by atoms with E-state index in [0.717, 1.165) is 17.9 Å². The van der Waals surface area contributed by atoms with Crippen LogP contribution in [-0.2, 0) is 0 Å². The van der Waals surface area contributed by atoms with Gasteiger partial charge in [0.05, 0.1) is 11.5 Å². The molecule has 4 nitrogen and oxygen atoms in total. The number of rotatable bonds is 3. The molecule has 0 aromatic heterocycles. The van der Waals surface area contributed by atoms with E-state index in [1.54, 1.807) is 0 Å². The first-order valence-electron chi connectivity index (χ1n) is 9.89. The first-order valence-corrected chi connectivity index (χ1v) is 9.89. The Bertz CT molecular complexity index is 862. The zero-order valence-corrected chi connectivity index (χ0v) is 16.4. The molecule has 0 fully saturated rings. The number of amidine groups is 1. The van der Waals surface area contributed by atoms with E-state index in [2.05, 4.69) is 79.6 Å². The molecule has 0 radical (unpaired) electrons. The van der Waals surface area contributed by atoms with Gasteiger partial charge in [-0.25, -0.2) is 0 Å². The molecule has 3 atom stereocenters. The van der Waals surface area contributed by atoms with Crippen molar-refractivity contribution in [3.63, 3.8) is 0 Å². The van der Waals surface area contributed by atoms with Crippen molar-refractivity contribution in [2.75, 3.05) is 30.4 Å². The minimum Gasteiger partial charge on any atom is -0.396 e. The SMILES string of the molecule is C[C@@H]1C[C@]2(C)C(=NCCCO)Nc3ccccc3[C@@H]2N(C)c2ccccc21. The quantitative estimate of drug-likeness (QED) is 0.785. The Balaban J connectivity index is 1.90. The second-order valence-electron chi connectivity index (χ2n) is 8.11. The number of para-hydroxylation sites is 2. The van der Waals surface area contributed by atoms with E-state index in [1.165, 1.54) is 16.8 Å². The maximum absolute atomic E-state index is 9.20. The highest BCUT2D eigenvalue weighted by molar-refractivity contribution is 6.04. The minimum atomic E-state index is -0.128. The average Bonchev–Trinajstić information content (AvgIpc) is 2.76. The van der Waals surface area contributed by atoms with Gasteiger partial charge in [0.15, 0.2) is 0 Å².